The Morgan fingerprint density at radius 1 is 1.06 bits per heavy atom. The van der Waals surface area contributed by atoms with Gasteiger partial charge in [0.25, 0.3) is 5.91 Å². The summed E-state index contributed by atoms with van der Waals surface area (Å²) in [7, 11) is 0. The second-order valence-corrected chi connectivity index (χ2v) is 8.89. The molecule has 8 heteroatoms. The number of carbonyl (C=O) groups excluding carboxylic acids is 1. The molecule has 0 aliphatic carbocycles. The van der Waals surface area contributed by atoms with Gasteiger partial charge in [-0.3, -0.25) is 9.69 Å². The van der Waals surface area contributed by atoms with E-state index < -0.39 is 0 Å². The van der Waals surface area contributed by atoms with E-state index in [-0.39, 0.29) is 5.91 Å². The highest BCUT2D eigenvalue weighted by molar-refractivity contribution is 7.98. The Balaban J connectivity index is 1.34. The predicted molar refractivity (Wildman–Crippen MR) is 127 cm³/mol. The second-order valence-electron chi connectivity index (χ2n) is 7.88. The number of aryl methyl sites for hydroxylation is 1. The fraction of sp³-hybridized carbons (Fsp3) is 0.375. The van der Waals surface area contributed by atoms with Gasteiger partial charge in [-0.1, -0.05) is 36.3 Å². The molecule has 7 nitrogen and oxygen atoms in total. The number of benzene rings is 2. The van der Waals surface area contributed by atoms with Gasteiger partial charge in [-0.15, -0.1) is 11.8 Å². The van der Waals surface area contributed by atoms with Crippen LogP contribution < -0.4 is 5.32 Å². The molecule has 168 valence electrons. The molecule has 2 heterocycles. The largest absolute Gasteiger partial charge is 0.340 e. The minimum Gasteiger partial charge on any atom is -0.340 e. The van der Waals surface area contributed by atoms with E-state index in [4.69, 9.17) is 4.52 Å². The number of piperazine rings is 1. The highest BCUT2D eigenvalue weighted by atomic mass is 32.2. The Morgan fingerprint density at radius 3 is 2.47 bits per heavy atom. The molecule has 0 saturated carbocycles. The first-order chi connectivity index (χ1) is 15.6. The minimum absolute atomic E-state index is 0.124. The summed E-state index contributed by atoms with van der Waals surface area (Å²) >= 11 is 1.52. The van der Waals surface area contributed by atoms with E-state index in [2.05, 4.69) is 44.3 Å². The van der Waals surface area contributed by atoms with Crippen molar-refractivity contribution in [3.63, 3.8) is 0 Å². The van der Waals surface area contributed by atoms with Crippen molar-refractivity contribution in [1.29, 1.82) is 0 Å². The monoisotopic (exact) mass is 451 g/mol. The Kier molecular flexibility index (Phi) is 7.57. The van der Waals surface area contributed by atoms with E-state index in [1.165, 1.54) is 17.3 Å². The van der Waals surface area contributed by atoms with Gasteiger partial charge in [0.1, 0.15) is 0 Å². The summed E-state index contributed by atoms with van der Waals surface area (Å²) in [6.07, 6.45) is 0. The molecule has 2 aromatic carbocycles. The van der Waals surface area contributed by atoms with Crippen molar-refractivity contribution >= 4 is 23.4 Å². The molecule has 32 heavy (non-hydrogen) atoms. The van der Waals surface area contributed by atoms with Crippen molar-refractivity contribution in [1.82, 2.24) is 19.9 Å². The maximum atomic E-state index is 12.9. The third kappa shape index (κ3) is 5.97. The van der Waals surface area contributed by atoms with E-state index in [1.807, 2.05) is 36.4 Å². The fourth-order valence-electron chi connectivity index (χ4n) is 3.74. The summed E-state index contributed by atoms with van der Waals surface area (Å²) in [5.41, 5.74) is 2.69. The van der Waals surface area contributed by atoms with Gasteiger partial charge in [-0.05, 0) is 36.4 Å². The first-order valence-corrected chi connectivity index (χ1v) is 12.0. The molecule has 4 rings (SSSR count). The van der Waals surface area contributed by atoms with Crippen LogP contribution in [0.5, 0.6) is 0 Å². The van der Waals surface area contributed by atoms with Gasteiger partial charge in [0, 0.05) is 50.2 Å². The molecule has 0 radical (unpaired) electrons. The number of hydrogen-bond donors (Lipinski definition) is 1. The Morgan fingerprint density at radius 2 is 1.78 bits per heavy atom. The van der Waals surface area contributed by atoms with Crippen molar-refractivity contribution in [2.24, 2.45) is 0 Å². The van der Waals surface area contributed by atoms with Gasteiger partial charge in [-0.25, -0.2) is 0 Å². The van der Waals surface area contributed by atoms with Crippen LogP contribution in [0.2, 0.25) is 0 Å². The molecule has 1 amide bonds. The van der Waals surface area contributed by atoms with Crippen LogP contribution in [-0.4, -0.2) is 58.6 Å². The second kappa shape index (κ2) is 10.8. The van der Waals surface area contributed by atoms with Crippen molar-refractivity contribution in [3.8, 4) is 0 Å². The first kappa shape index (κ1) is 22.5. The van der Waals surface area contributed by atoms with Gasteiger partial charge >= 0.3 is 0 Å². The minimum atomic E-state index is -0.124. The quantitative estimate of drug-likeness (QED) is 0.518. The number of thioether (sulfide) groups is 1. The third-order valence-electron chi connectivity index (χ3n) is 5.59. The zero-order valence-electron chi connectivity index (χ0n) is 18.6. The standard InChI is InChI=1S/C24H29N5O2S/c1-3-28-12-14-29(15-13-28)16-19-8-10-20(11-9-19)26-24(30)21-6-4-5-7-22(21)32-17-23-25-18(2)31-27-23/h4-11H,3,12-17H2,1-2H3,(H,26,30). The zero-order valence-corrected chi connectivity index (χ0v) is 19.4. The average molecular weight is 452 g/mol. The Bertz CT molecular complexity index is 1030. The highest BCUT2D eigenvalue weighted by Gasteiger charge is 2.16. The number of amides is 1. The highest BCUT2D eigenvalue weighted by Crippen LogP contribution is 2.26. The van der Waals surface area contributed by atoms with Crippen molar-refractivity contribution in [2.45, 2.75) is 31.0 Å². The summed E-state index contributed by atoms with van der Waals surface area (Å²) in [5, 5.41) is 6.94. The van der Waals surface area contributed by atoms with E-state index in [1.54, 1.807) is 6.92 Å². The molecular formula is C24H29N5O2S. The average Bonchev–Trinajstić information content (AvgIpc) is 3.24. The number of likely N-dealkylation sites (N-methyl/N-ethyl adjacent to an activating group) is 1. The molecule has 1 aliphatic heterocycles. The van der Waals surface area contributed by atoms with E-state index in [0.717, 1.165) is 49.9 Å². The van der Waals surface area contributed by atoms with E-state index in [0.29, 0.717) is 23.0 Å². The van der Waals surface area contributed by atoms with Crippen molar-refractivity contribution in [2.75, 3.05) is 38.0 Å². The number of nitrogens with one attached hydrogen (secondary N) is 1. The van der Waals surface area contributed by atoms with Crippen LogP contribution >= 0.6 is 11.8 Å². The molecule has 1 aliphatic rings. The summed E-state index contributed by atoms with van der Waals surface area (Å²) in [6.45, 7) is 10.5. The molecule has 0 spiro atoms. The topological polar surface area (TPSA) is 74.5 Å². The van der Waals surface area contributed by atoms with Crippen LogP contribution in [0.1, 0.15) is 34.6 Å². The molecule has 1 N–H and O–H groups in total. The van der Waals surface area contributed by atoms with Crippen LogP contribution in [-0.2, 0) is 12.3 Å². The normalized spacial score (nSPS) is 15.1. The van der Waals surface area contributed by atoms with Gasteiger partial charge in [0.2, 0.25) is 5.89 Å². The van der Waals surface area contributed by atoms with Crippen LogP contribution in [0.3, 0.4) is 0 Å². The smallest absolute Gasteiger partial charge is 0.256 e. The SMILES string of the molecule is CCN1CCN(Cc2ccc(NC(=O)c3ccccc3SCc3noc(C)n3)cc2)CC1. The Labute approximate surface area is 193 Å². The fourth-order valence-corrected chi connectivity index (χ4v) is 4.63. The number of nitrogens with zero attached hydrogens (tertiary/aromatic N) is 4. The summed E-state index contributed by atoms with van der Waals surface area (Å²) in [5.74, 6) is 1.58. The lowest BCUT2D eigenvalue weighted by Crippen LogP contribution is -2.45. The molecule has 0 unspecified atom stereocenters. The first-order valence-electron chi connectivity index (χ1n) is 11.0. The summed E-state index contributed by atoms with van der Waals surface area (Å²) in [4.78, 5) is 23.0. The molecule has 1 fully saturated rings. The number of anilines is 1. The molecule has 1 aromatic heterocycles. The number of rotatable bonds is 8. The molecule has 1 saturated heterocycles. The number of aromatic nitrogens is 2. The molecule has 3 aromatic rings. The molecular weight excluding hydrogens is 422 g/mol. The molecule has 0 atom stereocenters. The summed E-state index contributed by atoms with van der Waals surface area (Å²) in [6, 6.07) is 15.7. The predicted octanol–water partition coefficient (Wildman–Crippen LogP) is 4.06. The maximum absolute atomic E-state index is 12.9. The van der Waals surface area contributed by atoms with Crippen molar-refractivity contribution < 1.29 is 9.32 Å². The van der Waals surface area contributed by atoms with Crippen molar-refractivity contribution in [3.05, 3.63) is 71.4 Å². The van der Waals surface area contributed by atoms with Gasteiger partial charge in [0.05, 0.1) is 11.3 Å². The lowest BCUT2D eigenvalue weighted by atomic mass is 10.1. The number of carbonyl (C=O) groups is 1. The van der Waals surface area contributed by atoms with E-state index >= 15 is 0 Å². The van der Waals surface area contributed by atoms with Gasteiger partial charge in [0.15, 0.2) is 5.82 Å². The summed E-state index contributed by atoms with van der Waals surface area (Å²) < 4.78 is 5.02. The zero-order chi connectivity index (χ0) is 22.3. The van der Waals surface area contributed by atoms with Gasteiger partial charge in [-0.2, -0.15) is 4.98 Å². The lowest BCUT2D eigenvalue weighted by Gasteiger charge is -2.34. The van der Waals surface area contributed by atoms with Crippen LogP contribution in [0.25, 0.3) is 0 Å². The third-order valence-corrected chi connectivity index (χ3v) is 6.66. The maximum Gasteiger partial charge on any atom is 0.256 e. The van der Waals surface area contributed by atoms with Gasteiger partial charge < -0.3 is 14.7 Å². The molecule has 0 bridgehead atoms. The van der Waals surface area contributed by atoms with Crippen LogP contribution in [0.15, 0.2) is 57.9 Å². The van der Waals surface area contributed by atoms with Crippen LogP contribution in [0.4, 0.5) is 5.69 Å². The Hall–Kier alpha value is -2.68. The van der Waals surface area contributed by atoms with Crippen LogP contribution in [0, 0.1) is 6.92 Å². The number of hydrogen-bond acceptors (Lipinski definition) is 7. The lowest BCUT2D eigenvalue weighted by molar-refractivity contribution is 0.102. The van der Waals surface area contributed by atoms with E-state index in [9.17, 15) is 4.79 Å².